The van der Waals surface area contributed by atoms with Gasteiger partial charge in [-0.3, -0.25) is 0 Å². The van der Waals surface area contributed by atoms with E-state index in [9.17, 15) is 9.18 Å². The molecule has 112 valence electrons. The first-order valence-electron chi connectivity index (χ1n) is 6.82. The van der Waals surface area contributed by atoms with E-state index >= 15 is 0 Å². The molecular weight excluding hydrogens is 325 g/mol. The third-order valence-corrected chi connectivity index (χ3v) is 4.28. The van der Waals surface area contributed by atoms with E-state index < -0.39 is 17.2 Å². The van der Waals surface area contributed by atoms with Gasteiger partial charge in [-0.25, -0.2) is 9.18 Å². The van der Waals surface area contributed by atoms with Crippen LogP contribution in [-0.2, 0) is 4.74 Å². The maximum absolute atomic E-state index is 14.4. The number of amides is 1. The van der Waals surface area contributed by atoms with Gasteiger partial charge in [0.2, 0.25) is 0 Å². The van der Waals surface area contributed by atoms with Crippen LogP contribution in [0.25, 0.3) is 0 Å². The molecule has 0 saturated carbocycles. The van der Waals surface area contributed by atoms with Gasteiger partial charge in [-0.15, -0.1) is 0 Å². The second-order valence-corrected chi connectivity index (χ2v) is 7.61. The second-order valence-electron chi connectivity index (χ2n) is 6.69. The van der Waals surface area contributed by atoms with Gasteiger partial charge in [-0.1, -0.05) is 28.4 Å². The Morgan fingerprint density at radius 3 is 2.80 bits per heavy atom. The van der Waals surface area contributed by atoms with Gasteiger partial charge in [0.05, 0.1) is 0 Å². The van der Waals surface area contributed by atoms with E-state index in [0.29, 0.717) is 19.5 Å². The maximum Gasteiger partial charge on any atom is 0.410 e. The third-order valence-electron chi connectivity index (χ3n) is 3.78. The lowest BCUT2D eigenvalue weighted by atomic mass is 9.71. The Hall–Kier alpha value is -0.840. The van der Waals surface area contributed by atoms with Crippen molar-refractivity contribution < 1.29 is 13.9 Å². The zero-order chi connectivity index (χ0) is 15.1. The SMILES string of the molecule is CC(C)(C)OC(=O)N1CCC2=CC(Br)=CC(F)C2(C)C1. The van der Waals surface area contributed by atoms with Crippen molar-refractivity contribution in [3.63, 3.8) is 0 Å². The van der Waals surface area contributed by atoms with Crippen LogP contribution in [-0.4, -0.2) is 35.9 Å². The zero-order valence-corrected chi connectivity index (χ0v) is 14.0. The summed E-state index contributed by atoms with van der Waals surface area (Å²) in [6.45, 7) is 8.30. The van der Waals surface area contributed by atoms with E-state index in [1.54, 1.807) is 11.0 Å². The van der Waals surface area contributed by atoms with Crippen LogP contribution in [0.15, 0.2) is 22.2 Å². The largest absolute Gasteiger partial charge is 0.444 e. The molecule has 1 saturated heterocycles. The van der Waals surface area contributed by atoms with Gasteiger partial charge in [0.1, 0.15) is 11.8 Å². The van der Waals surface area contributed by atoms with Gasteiger partial charge < -0.3 is 9.64 Å². The van der Waals surface area contributed by atoms with Crippen molar-refractivity contribution in [3.05, 3.63) is 22.2 Å². The number of hydrogen-bond acceptors (Lipinski definition) is 2. The highest BCUT2D eigenvalue weighted by Crippen LogP contribution is 2.44. The lowest BCUT2D eigenvalue weighted by molar-refractivity contribution is 0.00820. The number of piperidine rings is 1. The molecule has 0 spiro atoms. The molecule has 0 N–H and O–H groups in total. The van der Waals surface area contributed by atoms with Gasteiger partial charge in [-0.2, -0.15) is 0 Å². The van der Waals surface area contributed by atoms with Crippen LogP contribution in [0.3, 0.4) is 0 Å². The van der Waals surface area contributed by atoms with E-state index in [1.807, 2.05) is 33.8 Å². The highest BCUT2D eigenvalue weighted by Gasteiger charge is 2.45. The molecule has 1 heterocycles. The average molecular weight is 346 g/mol. The topological polar surface area (TPSA) is 29.5 Å². The van der Waals surface area contributed by atoms with Crippen LogP contribution in [0.5, 0.6) is 0 Å². The fourth-order valence-corrected chi connectivity index (χ4v) is 3.15. The van der Waals surface area contributed by atoms with Gasteiger partial charge in [-0.05, 0) is 39.3 Å². The fraction of sp³-hybridized carbons (Fsp3) is 0.667. The molecule has 5 heteroatoms. The Bertz CT molecular complexity index is 481. The second kappa shape index (κ2) is 5.17. The van der Waals surface area contributed by atoms with Crippen LogP contribution < -0.4 is 0 Å². The monoisotopic (exact) mass is 345 g/mol. The predicted octanol–water partition coefficient (Wildman–Crippen LogP) is 4.19. The van der Waals surface area contributed by atoms with Crippen molar-refractivity contribution in [2.75, 3.05) is 13.1 Å². The minimum Gasteiger partial charge on any atom is -0.444 e. The van der Waals surface area contributed by atoms with E-state index in [4.69, 9.17) is 4.74 Å². The Labute approximate surface area is 128 Å². The normalized spacial score (nSPS) is 30.3. The summed E-state index contributed by atoms with van der Waals surface area (Å²) in [4.78, 5) is 13.8. The number of hydrogen-bond donors (Lipinski definition) is 0. The van der Waals surface area contributed by atoms with Crippen LogP contribution in [0.2, 0.25) is 0 Å². The summed E-state index contributed by atoms with van der Waals surface area (Å²) in [6.07, 6.45) is 2.75. The first-order chi connectivity index (χ1) is 9.12. The van der Waals surface area contributed by atoms with Gasteiger partial charge in [0.15, 0.2) is 0 Å². The minimum atomic E-state index is -1.10. The molecule has 2 aliphatic rings. The van der Waals surface area contributed by atoms with Crippen molar-refractivity contribution in [2.45, 2.75) is 45.9 Å². The molecule has 20 heavy (non-hydrogen) atoms. The van der Waals surface area contributed by atoms with Gasteiger partial charge >= 0.3 is 6.09 Å². The predicted molar refractivity (Wildman–Crippen MR) is 80.5 cm³/mol. The molecule has 1 amide bonds. The summed E-state index contributed by atoms with van der Waals surface area (Å²) in [5.74, 6) is 0. The number of fused-ring (bicyclic) bond motifs is 1. The molecule has 0 radical (unpaired) electrons. The van der Waals surface area contributed by atoms with Crippen molar-refractivity contribution in [2.24, 2.45) is 5.41 Å². The Kier molecular flexibility index (Phi) is 4.02. The molecule has 2 rings (SSSR count). The lowest BCUT2D eigenvalue weighted by Gasteiger charge is -2.45. The van der Waals surface area contributed by atoms with Crippen molar-refractivity contribution in [1.82, 2.24) is 4.90 Å². The van der Waals surface area contributed by atoms with E-state index in [2.05, 4.69) is 15.9 Å². The number of allylic oxidation sites excluding steroid dienone is 3. The van der Waals surface area contributed by atoms with Crippen molar-refractivity contribution in [3.8, 4) is 0 Å². The molecule has 0 aromatic heterocycles. The molecule has 0 bridgehead atoms. The van der Waals surface area contributed by atoms with Crippen molar-refractivity contribution in [1.29, 1.82) is 0 Å². The van der Waals surface area contributed by atoms with E-state index in [1.165, 1.54) is 0 Å². The standard InChI is InChI=1S/C15H21BrFNO2/c1-14(2,3)20-13(19)18-6-5-10-7-11(16)8-12(17)15(10,4)9-18/h7-8,12H,5-6,9H2,1-4H3. The maximum atomic E-state index is 14.4. The summed E-state index contributed by atoms with van der Waals surface area (Å²) in [7, 11) is 0. The van der Waals surface area contributed by atoms with Gasteiger partial charge in [0.25, 0.3) is 0 Å². The summed E-state index contributed by atoms with van der Waals surface area (Å²) < 4.78 is 20.6. The molecule has 0 aromatic carbocycles. The number of carbonyl (C=O) groups excluding carboxylic acids is 1. The molecule has 1 aliphatic heterocycles. The summed E-state index contributed by atoms with van der Waals surface area (Å²) in [6, 6.07) is 0. The third kappa shape index (κ3) is 3.08. The molecule has 1 fully saturated rings. The smallest absolute Gasteiger partial charge is 0.410 e. The molecular formula is C15H21BrFNO2. The lowest BCUT2D eigenvalue weighted by Crippen LogP contribution is -2.51. The quantitative estimate of drug-likeness (QED) is 0.658. The Morgan fingerprint density at radius 1 is 1.55 bits per heavy atom. The number of likely N-dealkylation sites (tertiary alicyclic amines) is 1. The molecule has 0 aromatic rings. The molecule has 3 nitrogen and oxygen atoms in total. The number of rotatable bonds is 0. The summed E-state index contributed by atoms with van der Waals surface area (Å²) in [5, 5.41) is 0. The number of carbonyl (C=O) groups is 1. The summed E-state index contributed by atoms with van der Waals surface area (Å²) >= 11 is 3.34. The van der Waals surface area contributed by atoms with Crippen LogP contribution >= 0.6 is 15.9 Å². The minimum absolute atomic E-state index is 0.353. The Balaban J connectivity index is 2.14. The van der Waals surface area contributed by atoms with Crippen LogP contribution in [0, 0.1) is 5.41 Å². The van der Waals surface area contributed by atoms with Crippen LogP contribution in [0.1, 0.15) is 34.1 Å². The first-order valence-corrected chi connectivity index (χ1v) is 7.61. The van der Waals surface area contributed by atoms with Gasteiger partial charge in [0, 0.05) is 23.0 Å². The summed E-state index contributed by atoms with van der Waals surface area (Å²) in [5.41, 5.74) is -0.121. The van der Waals surface area contributed by atoms with E-state index in [-0.39, 0.29) is 6.09 Å². The number of ether oxygens (including phenoxy) is 1. The average Bonchev–Trinajstić information content (AvgIpc) is 2.28. The number of nitrogens with zero attached hydrogens (tertiary/aromatic N) is 1. The number of alkyl halides is 1. The fourth-order valence-electron chi connectivity index (χ4n) is 2.64. The highest BCUT2D eigenvalue weighted by molar-refractivity contribution is 9.11. The number of halogens is 2. The zero-order valence-electron chi connectivity index (χ0n) is 12.4. The molecule has 1 aliphatic carbocycles. The molecule has 2 unspecified atom stereocenters. The first kappa shape index (κ1) is 15.5. The molecule has 2 atom stereocenters. The van der Waals surface area contributed by atoms with Crippen molar-refractivity contribution >= 4 is 22.0 Å². The highest BCUT2D eigenvalue weighted by atomic mass is 79.9. The Morgan fingerprint density at radius 2 is 2.20 bits per heavy atom. The van der Waals surface area contributed by atoms with E-state index in [0.717, 1.165) is 10.1 Å². The van der Waals surface area contributed by atoms with Crippen LogP contribution in [0.4, 0.5) is 9.18 Å².